The van der Waals surface area contributed by atoms with E-state index in [1.165, 1.54) is 0 Å². The standard InChI is InChI=1S/C19H34O6Si2/c1-26(2,3)24-16-15(12-20)23-19(21)18(25-27(4,5)6)17(16)22-13-14-10-8-7-9-11-14/h7-11,15-21H,12-13H2,1-6H3/t15-,16+,17+,18-,19+/m1/s1. The molecule has 0 aromatic heterocycles. The number of hydrogen-bond acceptors (Lipinski definition) is 6. The van der Waals surface area contributed by atoms with Gasteiger partial charge in [-0.05, 0) is 44.8 Å². The first kappa shape index (κ1) is 22.7. The van der Waals surface area contributed by atoms with Gasteiger partial charge in [0, 0.05) is 0 Å². The fourth-order valence-electron chi connectivity index (χ4n) is 3.08. The zero-order valence-corrected chi connectivity index (χ0v) is 19.2. The lowest BCUT2D eigenvalue weighted by molar-refractivity contribution is -0.288. The molecule has 1 heterocycles. The molecule has 0 radical (unpaired) electrons. The van der Waals surface area contributed by atoms with Gasteiger partial charge in [0.05, 0.1) is 13.2 Å². The van der Waals surface area contributed by atoms with Gasteiger partial charge >= 0.3 is 0 Å². The van der Waals surface area contributed by atoms with Crippen LogP contribution in [0.1, 0.15) is 5.56 Å². The van der Waals surface area contributed by atoms with Crippen molar-refractivity contribution in [3.05, 3.63) is 35.9 Å². The second-order valence-electron chi connectivity index (χ2n) is 8.90. The van der Waals surface area contributed by atoms with Gasteiger partial charge in [0.2, 0.25) is 0 Å². The van der Waals surface area contributed by atoms with E-state index >= 15 is 0 Å². The van der Waals surface area contributed by atoms with Crippen molar-refractivity contribution in [1.82, 2.24) is 0 Å². The summed E-state index contributed by atoms with van der Waals surface area (Å²) in [6.45, 7) is 12.5. The summed E-state index contributed by atoms with van der Waals surface area (Å²) in [5, 5.41) is 20.4. The molecule has 0 unspecified atom stereocenters. The summed E-state index contributed by atoms with van der Waals surface area (Å²) in [4.78, 5) is 0. The van der Waals surface area contributed by atoms with Gasteiger partial charge < -0.3 is 28.5 Å². The lowest BCUT2D eigenvalue weighted by atomic mass is 9.99. The van der Waals surface area contributed by atoms with Crippen molar-refractivity contribution >= 4 is 16.6 Å². The molecule has 27 heavy (non-hydrogen) atoms. The lowest BCUT2D eigenvalue weighted by Crippen LogP contribution is -2.64. The van der Waals surface area contributed by atoms with Gasteiger partial charge in [-0.1, -0.05) is 30.3 Å². The number of aliphatic hydroxyl groups is 2. The summed E-state index contributed by atoms with van der Waals surface area (Å²) >= 11 is 0. The van der Waals surface area contributed by atoms with Gasteiger partial charge in [-0.15, -0.1) is 0 Å². The Balaban J connectivity index is 2.29. The Hall–Kier alpha value is -0.586. The Labute approximate surface area is 164 Å². The van der Waals surface area contributed by atoms with Crippen LogP contribution in [0.4, 0.5) is 0 Å². The van der Waals surface area contributed by atoms with Gasteiger partial charge in [-0.2, -0.15) is 0 Å². The maximum Gasteiger partial charge on any atom is 0.184 e. The highest BCUT2D eigenvalue weighted by Gasteiger charge is 2.49. The van der Waals surface area contributed by atoms with Crippen LogP contribution in [0, 0.1) is 0 Å². The molecule has 0 aliphatic carbocycles. The van der Waals surface area contributed by atoms with Crippen molar-refractivity contribution in [2.45, 2.75) is 76.6 Å². The lowest BCUT2D eigenvalue weighted by Gasteiger charge is -2.47. The third-order valence-corrected chi connectivity index (χ3v) is 6.01. The highest BCUT2D eigenvalue weighted by Crippen LogP contribution is 2.31. The number of ether oxygens (including phenoxy) is 2. The fraction of sp³-hybridized carbons (Fsp3) is 0.684. The van der Waals surface area contributed by atoms with Crippen LogP contribution in [0.3, 0.4) is 0 Å². The molecule has 1 aliphatic rings. The summed E-state index contributed by atoms with van der Waals surface area (Å²) in [7, 11) is -3.94. The summed E-state index contributed by atoms with van der Waals surface area (Å²) in [6.07, 6.45) is -3.53. The Kier molecular flexibility index (Phi) is 7.80. The molecule has 0 amide bonds. The molecule has 0 spiro atoms. The molecule has 0 saturated carbocycles. The highest BCUT2D eigenvalue weighted by atomic mass is 28.4. The topological polar surface area (TPSA) is 77.4 Å². The Morgan fingerprint density at radius 2 is 1.44 bits per heavy atom. The van der Waals surface area contributed by atoms with E-state index in [0.29, 0.717) is 6.61 Å². The van der Waals surface area contributed by atoms with Crippen LogP contribution < -0.4 is 0 Å². The molecule has 154 valence electrons. The van der Waals surface area contributed by atoms with Crippen LogP contribution in [0.5, 0.6) is 0 Å². The number of aliphatic hydroxyl groups excluding tert-OH is 2. The molecule has 1 aromatic carbocycles. The van der Waals surface area contributed by atoms with E-state index in [1.54, 1.807) is 0 Å². The smallest absolute Gasteiger partial charge is 0.184 e. The predicted octanol–water partition coefficient (Wildman–Crippen LogP) is 2.72. The van der Waals surface area contributed by atoms with Crippen molar-refractivity contribution in [2.75, 3.05) is 6.61 Å². The normalized spacial score (nSPS) is 29.7. The van der Waals surface area contributed by atoms with Gasteiger partial charge in [0.25, 0.3) is 0 Å². The molecule has 2 N–H and O–H groups in total. The molecular weight excluding hydrogens is 380 g/mol. The molecule has 1 fully saturated rings. The van der Waals surface area contributed by atoms with Crippen molar-refractivity contribution in [1.29, 1.82) is 0 Å². The minimum Gasteiger partial charge on any atom is -0.409 e. The molecule has 8 heteroatoms. The SMILES string of the molecule is C[Si](C)(C)O[C@@H]1[C@@H](OCc2ccccc2)[C@@H](O[Si](C)(C)C)[C@@H](CO)O[C@@H]1O. The monoisotopic (exact) mass is 414 g/mol. The van der Waals surface area contributed by atoms with Gasteiger partial charge in [-0.3, -0.25) is 0 Å². The molecular formula is C19H34O6Si2. The largest absolute Gasteiger partial charge is 0.409 e. The first-order chi connectivity index (χ1) is 12.5. The van der Waals surface area contributed by atoms with Gasteiger partial charge in [0.15, 0.2) is 22.9 Å². The third kappa shape index (κ3) is 7.06. The second-order valence-corrected chi connectivity index (χ2v) is 17.8. The summed E-state index contributed by atoms with van der Waals surface area (Å²) in [5.41, 5.74) is 1.03. The van der Waals surface area contributed by atoms with Crippen LogP contribution in [0.15, 0.2) is 30.3 Å². The number of rotatable bonds is 8. The Morgan fingerprint density at radius 3 is 1.96 bits per heavy atom. The molecule has 2 rings (SSSR count). The molecule has 0 bridgehead atoms. The quantitative estimate of drug-likeness (QED) is 0.637. The third-order valence-electron chi connectivity index (χ3n) is 4.05. The summed E-state index contributed by atoms with van der Waals surface area (Å²) in [6, 6.07) is 9.85. The molecule has 1 saturated heterocycles. The average molecular weight is 415 g/mol. The molecule has 6 nitrogen and oxygen atoms in total. The van der Waals surface area contributed by atoms with E-state index < -0.39 is 47.3 Å². The van der Waals surface area contributed by atoms with E-state index in [9.17, 15) is 10.2 Å². The molecule has 1 aliphatic heterocycles. The second kappa shape index (κ2) is 9.27. The van der Waals surface area contributed by atoms with Crippen LogP contribution >= 0.6 is 0 Å². The molecule has 1 aromatic rings. The van der Waals surface area contributed by atoms with Crippen LogP contribution in [0.2, 0.25) is 39.3 Å². The van der Waals surface area contributed by atoms with Crippen molar-refractivity contribution in [2.24, 2.45) is 0 Å². The minimum absolute atomic E-state index is 0.253. The predicted molar refractivity (Wildman–Crippen MR) is 109 cm³/mol. The van der Waals surface area contributed by atoms with Crippen LogP contribution in [-0.2, 0) is 24.9 Å². The Morgan fingerprint density at radius 1 is 0.889 bits per heavy atom. The fourth-order valence-corrected chi connectivity index (χ4v) is 5.25. The van der Waals surface area contributed by atoms with Crippen molar-refractivity contribution < 1.29 is 28.5 Å². The van der Waals surface area contributed by atoms with Crippen LogP contribution in [0.25, 0.3) is 0 Å². The number of hydrogen-bond donors (Lipinski definition) is 2. The minimum atomic E-state index is -1.98. The van der Waals surface area contributed by atoms with Crippen molar-refractivity contribution in [3.63, 3.8) is 0 Å². The van der Waals surface area contributed by atoms with Crippen LogP contribution in [-0.4, -0.2) is 64.2 Å². The molecule has 5 atom stereocenters. The average Bonchev–Trinajstić information content (AvgIpc) is 2.55. The highest BCUT2D eigenvalue weighted by molar-refractivity contribution is 6.70. The first-order valence-electron chi connectivity index (χ1n) is 9.46. The maximum absolute atomic E-state index is 10.6. The van der Waals surface area contributed by atoms with Gasteiger partial charge in [0.1, 0.15) is 24.4 Å². The van der Waals surface area contributed by atoms with Crippen molar-refractivity contribution in [3.8, 4) is 0 Å². The maximum atomic E-state index is 10.6. The van der Waals surface area contributed by atoms with E-state index in [-0.39, 0.29) is 6.61 Å². The number of benzene rings is 1. The van der Waals surface area contributed by atoms with E-state index in [0.717, 1.165) is 5.56 Å². The zero-order chi connectivity index (χ0) is 20.2. The summed E-state index contributed by atoms with van der Waals surface area (Å²) < 4.78 is 24.4. The Bertz CT molecular complexity index is 572. The van der Waals surface area contributed by atoms with E-state index in [4.69, 9.17) is 18.3 Å². The summed E-state index contributed by atoms with van der Waals surface area (Å²) in [5.74, 6) is 0. The first-order valence-corrected chi connectivity index (χ1v) is 16.3. The zero-order valence-electron chi connectivity index (χ0n) is 17.2. The van der Waals surface area contributed by atoms with E-state index in [2.05, 4.69) is 39.3 Å². The van der Waals surface area contributed by atoms with Gasteiger partial charge in [-0.25, -0.2) is 0 Å². The van der Waals surface area contributed by atoms with E-state index in [1.807, 2.05) is 30.3 Å².